The molecule has 1 atom stereocenters. The number of carbonyl (C=O) groups is 1. The first-order valence-electron chi connectivity index (χ1n) is 5.73. The maximum atomic E-state index is 11.9. The lowest BCUT2D eigenvalue weighted by Gasteiger charge is -2.25. The van der Waals surface area contributed by atoms with E-state index in [2.05, 4.69) is 31.2 Å². The largest absolute Gasteiger partial charge is 0.394 e. The van der Waals surface area contributed by atoms with Crippen LogP contribution in [0.1, 0.15) is 37.7 Å². The number of aromatic nitrogens is 2. The van der Waals surface area contributed by atoms with Crippen LogP contribution in [0.25, 0.3) is 0 Å². The van der Waals surface area contributed by atoms with Gasteiger partial charge in [0.05, 0.1) is 12.6 Å². The highest BCUT2D eigenvalue weighted by Crippen LogP contribution is 2.20. The van der Waals surface area contributed by atoms with Crippen molar-refractivity contribution in [3.05, 3.63) is 18.0 Å². The molecule has 0 aromatic carbocycles. The number of hydrogen-bond donors (Lipinski definition) is 2. The Kier molecular flexibility index (Phi) is 4.28. The summed E-state index contributed by atoms with van der Waals surface area (Å²) < 4.78 is 1.51. The van der Waals surface area contributed by atoms with Crippen LogP contribution in [0.4, 0.5) is 0 Å². The van der Waals surface area contributed by atoms with Gasteiger partial charge in [0.1, 0.15) is 5.69 Å². The summed E-state index contributed by atoms with van der Waals surface area (Å²) in [6.07, 6.45) is 2.31. The summed E-state index contributed by atoms with van der Waals surface area (Å²) in [4.78, 5) is 11.9. The molecule has 1 aromatic heterocycles. The monoisotopic (exact) mass is 239 g/mol. The maximum absolute atomic E-state index is 11.9. The lowest BCUT2D eigenvalue weighted by atomic mass is 9.88. The molecule has 1 amide bonds. The van der Waals surface area contributed by atoms with Crippen LogP contribution < -0.4 is 5.32 Å². The second-order valence-electron chi connectivity index (χ2n) is 5.46. The van der Waals surface area contributed by atoms with Crippen LogP contribution >= 0.6 is 0 Å². The molecule has 0 aliphatic carbocycles. The third kappa shape index (κ3) is 4.19. The van der Waals surface area contributed by atoms with Gasteiger partial charge in [-0.2, -0.15) is 5.10 Å². The zero-order valence-corrected chi connectivity index (χ0v) is 10.9. The Morgan fingerprint density at radius 2 is 2.24 bits per heavy atom. The predicted octanol–water partition coefficient (Wildman–Crippen LogP) is 0.947. The summed E-state index contributed by atoms with van der Waals surface area (Å²) in [5.41, 5.74) is 0.560. The average molecular weight is 239 g/mol. The van der Waals surface area contributed by atoms with Crippen molar-refractivity contribution in [1.82, 2.24) is 15.1 Å². The highest BCUT2D eigenvalue weighted by Gasteiger charge is 2.21. The van der Waals surface area contributed by atoms with Gasteiger partial charge in [-0.15, -0.1) is 0 Å². The zero-order valence-electron chi connectivity index (χ0n) is 10.9. The highest BCUT2D eigenvalue weighted by atomic mass is 16.3. The summed E-state index contributed by atoms with van der Waals surface area (Å²) in [7, 11) is 1.71. The number of hydrogen-bond acceptors (Lipinski definition) is 3. The summed E-state index contributed by atoms with van der Waals surface area (Å²) >= 11 is 0. The highest BCUT2D eigenvalue weighted by molar-refractivity contribution is 5.92. The van der Waals surface area contributed by atoms with Crippen LogP contribution in [0, 0.1) is 5.41 Å². The topological polar surface area (TPSA) is 67.2 Å². The number of nitrogens with one attached hydrogen (secondary N) is 1. The molecule has 1 rings (SSSR count). The SMILES string of the molecule is Cn1nccc1C(=O)NC(CO)CC(C)(C)C. The quantitative estimate of drug-likeness (QED) is 0.822. The summed E-state index contributed by atoms with van der Waals surface area (Å²) in [5, 5.41) is 16.0. The molecule has 0 saturated heterocycles. The van der Waals surface area contributed by atoms with Crippen LogP contribution in [0.15, 0.2) is 12.3 Å². The first-order chi connectivity index (χ1) is 7.83. The van der Waals surface area contributed by atoms with Gasteiger partial charge in [-0.05, 0) is 17.9 Å². The fourth-order valence-corrected chi connectivity index (χ4v) is 1.76. The van der Waals surface area contributed by atoms with Gasteiger partial charge in [-0.3, -0.25) is 9.48 Å². The molecule has 0 fully saturated rings. The molecule has 96 valence electrons. The lowest BCUT2D eigenvalue weighted by Crippen LogP contribution is -2.40. The van der Waals surface area contributed by atoms with Crippen molar-refractivity contribution < 1.29 is 9.90 Å². The van der Waals surface area contributed by atoms with E-state index in [1.165, 1.54) is 4.68 Å². The number of aliphatic hydroxyl groups excluding tert-OH is 1. The minimum Gasteiger partial charge on any atom is -0.394 e. The first kappa shape index (κ1) is 13.7. The minimum absolute atomic E-state index is 0.0547. The molecule has 0 aliphatic rings. The molecule has 2 N–H and O–H groups in total. The fourth-order valence-electron chi connectivity index (χ4n) is 1.76. The van der Waals surface area contributed by atoms with Crippen molar-refractivity contribution in [3.8, 4) is 0 Å². The number of nitrogens with zero attached hydrogens (tertiary/aromatic N) is 2. The average Bonchev–Trinajstić information content (AvgIpc) is 2.61. The minimum atomic E-state index is -0.225. The normalized spacial score (nSPS) is 13.5. The van der Waals surface area contributed by atoms with Crippen molar-refractivity contribution in [2.24, 2.45) is 12.5 Å². The standard InChI is InChI=1S/C12H21N3O2/c1-12(2,3)7-9(8-16)14-11(17)10-5-6-13-15(10)4/h5-6,9,16H,7-8H2,1-4H3,(H,14,17). The van der Waals surface area contributed by atoms with Gasteiger partial charge < -0.3 is 10.4 Å². The summed E-state index contributed by atoms with van der Waals surface area (Å²) in [6, 6.07) is 1.43. The van der Waals surface area contributed by atoms with Crippen molar-refractivity contribution in [1.29, 1.82) is 0 Å². The Morgan fingerprint density at radius 1 is 1.59 bits per heavy atom. The Labute approximate surface area is 102 Å². The molecule has 0 radical (unpaired) electrons. The van der Waals surface area contributed by atoms with Gasteiger partial charge in [0, 0.05) is 13.2 Å². The van der Waals surface area contributed by atoms with Crippen LogP contribution in [0.2, 0.25) is 0 Å². The molecule has 0 spiro atoms. The Morgan fingerprint density at radius 3 is 2.65 bits per heavy atom. The van der Waals surface area contributed by atoms with Crippen LogP contribution in [0.3, 0.4) is 0 Å². The van der Waals surface area contributed by atoms with E-state index >= 15 is 0 Å². The van der Waals surface area contributed by atoms with Crippen molar-refractivity contribution in [2.45, 2.75) is 33.2 Å². The number of rotatable bonds is 4. The second-order valence-corrected chi connectivity index (χ2v) is 5.46. The van der Waals surface area contributed by atoms with Crippen LogP contribution in [-0.4, -0.2) is 33.4 Å². The van der Waals surface area contributed by atoms with Crippen LogP contribution in [-0.2, 0) is 7.05 Å². The Balaban J connectivity index is 2.63. The number of aliphatic hydroxyl groups is 1. The van der Waals surface area contributed by atoms with Crippen molar-refractivity contribution >= 4 is 5.91 Å². The van der Waals surface area contributed by atoms with E-state index < -0.39 is 0 Å². The summed E-state index contributed by atoms with van der Waals surface area (Å²) in [5.74, 6) is -0.201. The van der Waals surface area contributed by atoms with E-state index in [0.29, 0.717) is 5.69 Å². The van der Waals surface area contributed by atoms with E-state index in [9.17, 15) is 9.90 Å². The molecule has 1 aromatic rings. The van der Waals surface area contributed by atoms with Gasteiger partial charge in [0.2, 0.25) is 0 Å². The number of carbonyl (C=O) groups excluding carboxylic acids is 1. The molecule has 0 saturated carbocycles. The first-order valence-corrected chi connectivity index (χ1v) is 5.73. The molecule has 1 unspecified atom stereocenters. The van der Waals surface area contributed by atoms with Gasteiger partial charge in [0.15, 0.2) is 0 Å². The third-order valence-corrected chi connectivity index (χ3v) is 2.47. The van der Waals surface area contributed by atoms with Crippen molar-refractivity contribution in [3.63, 3.8) is 0 Å². The fraction of sp³-hybridized carbons (Fsp3) is 0.667. The number of amides is 1. The van der Waals surface area contributed by atoms with Crippen LogP contribution in [0.5, 0.6) is 0 Å². The van der Waals surface area contributed by atoms with E-state index in [0.717, 1.165) is 6.42 Å². The predicted molar refractivity (Wildman–Crippen MR) is 65.6 cm³/mol. The molecule has 0 aliphatic heterocycles. The second kappa shape index (κ2) is 5.31. The number of aryl methyl sites for hydroxylation is 1. The summed E-state index contributed by atoms with van der Waals surface area (Å²) in [6.45, 7) is 6.17. The van der Waals surface area contributed by atoms with E-state index in [1.54, 1.807) is 19.3 Å². The molecule has 0 bridgehead atoms. The van der Waals surface area contributed by atoms with Gasteiger partial charge in [0.25, 0.3) is 5.91 Å². The Hall–Kier alpha value is -1.36. The molecular weight excluding hydrogens is 218 g/mol. The molecule has 5 nitrogen and oxygen atoms in total. The molecular formula is C12H21N3O2. The zero-order chi connectivity index (χ0) is 13.1. The van der Waals surface area contributed by atoms with Gasteiger partial charge >= 0.3 is 0 Å². The van der Waals surface area contributed by atoms with E-state index in [-0.39, 0.29) is 24.0 Å². The molecule has 5 heteroatoms. The molecule has 1 heterocycles. The molecule has 17 heavy (non-hydrogen) atoms. The van der Waals surface area contributed by atoms with E-state index in [1.807, 2.05) is 0 Å². The smallest absolute Gasteiger partial charge is 0.269 e. The third-order valence-electron chi connectivity index (χ3n) is 2.47. The van der Waals surface area contributed by atoms with E-state index in [4.69, 9.17) is 0 Å². The maximum Gasteiger partial charge on any atom is 0.269 e. The van der Waals surface area contributed by atoms with Gasteiger partial charge in [-0.1, -0.05) is 20.8 Å². The Bertz CT molecular complexity index is 379. The van der Waals surface area contributed by atoms with Gasteiger partial charge in [-0.25, -0.2) is 0 Å². The lowest BCUT2D eigenvalue weighted by molar-refractivity contribution is 0.0888. The van der Waals surface area contributed by atoms with Crippen molar-refractivity contribution in [2.75, 3.05) is 6.61 Å².